The molecule has 4 nitrogen and oxygen atoms in total. The summed E-state index contributed by atoms with van der Waals surface area (Å²) in [6, 6.07) is 11.8. The lowest BCUT2D eigenvalue weighted by molar-refractivity contribution is 0.0934. The summed E-state index contributed by atoms with van der Waals surface area (Å²) in [6.45, 7) is 2.52. The molecule has 0 radical (unpaired) electrons. The average molecular weight is 306 g/mol. The number of amides is 2. The van der Waals surface area contributed by atoms with Crippen molar-refractivity contribution < 1.29 is 9.59 Å². The summed E-state index contributed by atoms with van der Waals surface area (Å²) in [6.07, 6.45) is 1.92. The first-order valence-corrected chi connectivity index (χ1v) is 7.94. The van der Waals surface area contributed by atoms with Crippen molar-refractivity contribution in [2.45, 2.75) is 32.4 Å². The molecule has 1 aliphatic carbocycles. The van der Waals surface area contributed by atoms with Crippen LogP contribution in [0.3, 0.4) is 0 Å². The summed E-state index contributed by atoms with van der Waals surface area (Å²) in [7, 11) is 0. The maximum absolute atomic E-state index is 12.7. The second kappa shape index (κ2) is 5.23. The first-order chi connectivity index (χ1) is 11.1. The number of aryl methyl sites for hydroxylation is 2. The van der Waals surface area contributed by atoms with Crippen LogP contribution < -0.4 is 10.6 Å². The third-order valence-corrected chi connectivity index (χ3v) is 4.77. The molecule has 2 aromatic carbocycles. The fraction of sp³-hybridized carbons (Fsp3) is 0.263. The third-order valence-electron chi connectivity index (χ3n) is 4.77. The van der Waals surface area contributed by atoms with E-state index in [1.165, 1.54) is 16.7 Å². The fourth-order valence-electron chi connectivity index (χ4n) is 3.60. The zero-order chi connectivity index (χ0) is 16.0. The van der Waals surface area contributed by atoms with Crippen LogP contribution in [0.4, 0.5) is 0 Å². The van der Waals surface area contributed by atoms with Crippen molar-refractivity contribution in [1.82, 2.24) is 10.6 Å². The molecule has 23 heavy (non-hydrogen) atoms. The van der Waals surface area contributed by atoms with Gasteiger partial charge < -0.3 is 10.6 Å². The Morgan fingerprint density at radius 1 is 1.26 bits per heavy atom. The van der Waals surface area contributed by atoms with Crippen molar-refractivity contribution in [2.24, 2.45) is 0 Å². The monoisotopic (exact) mass is 306 g/mol. The Kier molecular flexibility index (Phi) is 3.18. The number of rotatable bonds is 2. The van der Waals surface area contributed by atoms with Crippen molar-refractivity contribution in [3.63, 3.8) is 0 Å². The van der Waals surface area contributed by atoms with Gasteiger partial charge in [0.05, 0.1) is 6.04 Å². The highest BCUT2D eigenvalue weighted by Crippen LogP contribution is 2.32. The van der Waals surface area contributed by atoms with Gasteiger partial charge in [-0.3, -0.25) is 9.59 Å². The number of nitrogens with one attached hydrogen (secondary N) is 2. The quantitative estimate of drug-likeness (QED) is 0.896. The van der Waals surface area contributed by atoms with Crippen molar-refractivity contribution in [3.05, 3.63) is 69.8 Å². The Labute approximate surface area is 134 Å². The van der Waals surface area contributed by atoms with E-state index >= 15 is 0 Å². The zero-order valence-electron chi connectivity index (χ0n) is 13.0. The van der Waals surface area contributed by atoms with Crippen LogP contribution in [0.1, 0.15) is 55.4 Å². The number of benzene rings is 2. The maximum atomic E-state index is 12.7. The van der Waals surface area contributed by atoms with Gasteiger partial charge in [-0.25, -0.2) is 0 Å². The second-order valence-electron chi connectivity index (χ2n) is 6.28. The number of fused-ring (bicyclic) bond motifs is 2. The zero-order valence-corrected chi connectivity index (χ0v) is 13.0. The molecule has 1 aliphatic heterocycles. The smallest absolute Gasteiger partial charge is 0.252 e. The Bertz CT molecular complexity index is 826. The Hall–Kier alpha value is -2.62. The van der Waals surface area contributed by atoms with Crippen LogP contribution >= 0.6 is 0 Å². The van der Waals surface area contributed by atoms with Gasteiger partial charge in [-0.1, -0.05) is 29.8 Å². The highest BCUT2D eigenvalue weighted by atomic mass is 16.2. The summed E-state index contributed by atoms with van der Waals surface area (Å²) in [5, 5.41) is 5.91. The van der Waals surface area contributed by atoms with E-state index in [-0.39, 0.29) is 17.9 Å². The minimum atomic E-state index is -0.101. The standard InChI is InChI=1S/C19H18N2O2/c1-11-5-7-13-12(9-11)6-8-17(13)21-19(23)15-4-2-3-14-16(15)10-20-18(14)22/h2-5,7,9,17H,6,8,10H2,1H3,(H,20,22)(H,21,23). The molecule has 2 N–H and O–H groups in total. The van der Waals surface area contributed by atoms with E-state index in [0.29, 0.717) is 17.7 Å². The molecule has 2 aliphatic rings. The van der Waals surface area contributed by atoms with E-state index in [2.05, 4.69) is 35.8 Å². The molecule has 0 spiro atoms. The maximum Gasteiger partial charge on any atom is 0.252 e. The van der Waals surface area contributed by atoms with Crippen LogP contribution in [0, 0.1) is 6.92 Å². The average Bonchev–Trinajstić information content (AvgIpc) is 3.11. The number of hydrogen-bond acceptors (Lipinski definition) is 2. The Morgan fingerprint density at radius 3 is 3.00 bits per heavy atom. The van der Waals surface area contributed by atoms with Crippen molar-refractivity contribution in [1.29, 1.82) is 0 Å². The molecule has 116 valence electrons. The molecular weight excluding hydrogens is 288 g/mol. The second-order valence-corrected chi connectivity index (χ2v) is 6.28. The van der Waals surface area contributed by atoms with Gasteiger partial charge in [-0.05, 0) is 48.6 Å². The highest BCUT2D eigenvalue weighted by Gasteiger charge is 2.28. The van der Waals surface area contributed by atoms with Crippen molar-refractivity contribution in [2.75, 3.05) is 0 Å². The van der Waals surface area contributed by atoms with Crippen LogP contribution in [-0.4, -0.2) is 11.8 Å². The van der Waals surface area contributed by atoms with Gasteiger partial charge in [-0.2, -0.15) is 0 Å². The number of carbonyl (C=O) groups is 2. The summed E-state index contributed by atoms with van der Waals surface area (Å²) in [5.41, 5.74) is 5.80. The molecule has 0 saturated heterocycles. The van der Waals surface area contributed by atoms with Crippen LogP contribution in [0.2, 0.25) is 0 Å². The molecule has 1 heterocycles. The molecule has 0 saturated carbocycles. The van der Waals surface area contributed by atoms with Gasteiger partial charge in [-0.15, -0.1) is 0 Å². The Morgan fingerprint density at radius 2 is 2.13 bits per heavy atom. The van der Waals surface area contributed by atoms with Gasteiger partial charge in [0.1, 0.15) is 0 Å². The SMILES string of the molecule is Cc1ccc2c(c1)CCC2NC(=O)c1cccc2c1CNC2=O. The highest BCUT2D eigenvalue weighted by molar-refractivity contribution is 6.04. The van der Waals surface area contributed by atoms with Crippen LogP contribution in [0.25, 0.3) is 0 Å². The minimum absolute atomic E-state index is 0.0546. The predicted molar refractivity (Wildman–Crippen MR) is 87.3 cm³/mol. The predicted octanol–water partition coefficient (Wildman–Crippen LogP) is 2.66. The lowest BCUT2D eigenvalue weighted by atomic mass is 10.0. The molecule has 0 aromatic heterocycles. The van der Waals surface area contributed by atoms with E-state index in [9.17, 15) is 9.59 Å². The first-order valence-electron chi connectivity index (χ1n) is 7.94. The van der Waals surface area contributed by atoms with Crippen LogP contribution in [0.15, 0.2) is 36.4 Å². The molecule has 1 atom stereocenters. The van der Waals surface area contributed by atoms with Gasteiger partial charge in [0.25, 0.3) is 11.8 Å². The van der Waals surface area contributed by atoms with Crippen LogP contribution in [-0.2, 0) is 13.0 Å². The van der Waals surface area contributed by atoms with Crippen molar-refractivity contribution in [3.8, 4) is 0 Å². The normalized spacial score (nSPS) is 18.3. The topological polar surface area (TPSA) is 58.2 Å². The van der Waals surface area contributed by atoms with E-state index < -0.39 is 0 Å². The van der Waals surface area contributed by atoms with Gasteiger partial charge in [0.15, 0.2) is 0 Å². The first kappa shape index (κ1) is 14.0. The van der Waals surface area contributed by atoms with Crippen LogP contribution in [0.5, 0.6) is 0 Å². The van der Waals surface area contributed by atoms with E-state index in [1.54, 1.807) is 18.2 Å². The fourth-order valence-corrected chi connectivity index (χ4v) is 3.60. The summed E-state index contributed by atoms with van der Waals surface area (Å²) in [4.78, 5) is 24.4. The number of hydrogen-bond donors (Lipinski definition) is 2. The third kappa shape index (κ3) is 2.31. The van der Waals surface area contributed by atoms with E-state index in [4.69, 9.17) is 0 Å². The molecule has 2 aromatic rings. The molecule has 4 heteroatoms. The van der Waals surface area contributed by atoms with E-state index in [0.717, 1.165) is 18.4 Å². The molecule has 0 bridgehead atoms. The van der Waals surface area contributed by atoms with Crippen molar-refractivity contribution >= 4 is 11.8 Å². The summed E-state index contributed by atoms with van der Waals surface area (Å²) >= 11 is 0. The van der Waals surface area contributed by atoms with Gasteiger partial charge in [0.2, 0.25) is 0 Å². The molecule has 2 amide bonds. The molecular formula is C19H18N2O2. The molecule has 0 fully saturated rings. The molecule has 4 rings (SSSR count). The lowest BCUT2D eigenvalue weighted by Crippen LogP contribution is -2.28. The molecule has 1 unspecified atom stereocenters. The van der Waals surface area contributed by atoms with Gasteiger partial charge >= 0.3 is 0 Å². The van der Waals surface area contributed by atoms with Gasteiger partial charge in [0, 0.05) is 17.7 Å². The van der Waals surface area contributed by atoms with E-state index in [1.807, 2.05) is 0 Å². The summed E-state index contributed by atoms with van der Waals surface area (Å²) in [5.74, 6) is -0.201. The lowest BCUT2D eigenvalue weighted by Gasteiger charge is -2.15. The Balaban J connectivity index is 1.60. The number of carbonyl (C=O) groups excluding carboxylic acids is 2. The minimum Gasteiger partial charge on any atom is -0.348 e. The largest absolute Gasteiger partial charge is 0.348 e. The summed E-state index contributed by atoms with van der Waals surface area (Å²) < 4.78 is 0.